The third-order valence-corrected chi connectivity index (χ3v) is 5.30. The van der Waals surface area contributed by atoms with Crippen molar-refractivity contribution in [1.29, 1.82) is 0 Å². The topological polar surface area (TPSA) is 18.5 Å². The van der Waals surface area contributed by atoms with Gasteiger partial charge in [0.2, 0.25) is 0 Å². The number of thiol groups is 1. The summed E-state index contributed by atoms with van der Waals surface area (Å²) < 4.78 is 12.0. The molecule has 23 heavy (non-hydrogen) atoms. The summed E-state index contributed by atoms with van der Waals surface area (Å²) in [5, 5.41) is 0. The van der Waals surface area contributed by atoms with Crippen molar-refractivity contribution in [1.82, 2.24) is 0 Å². The number of rotatable bonds is 6. The van der Waals surface area contributed by atoms with Crippen molar-refractivity contribution in [2.24, 2.45) is 0 Å². The molecule has 0 saturated heterocycles. The molecular formula is C18H23O2PS2. The molecule has 2 aromatic rings. The van der Waals surface area contributed by atoms with Gasteiger partial charge in [-0.1, -0.05) is 76.3 Å². The molecule has 0 aliphatic carbocycles. The smallest absolute Gasteiger partial charge is 0.345 e. The fourth-order valence-corrected chi connectivity index (χ4v) is 4.23. The quantitative estimate of drug-likeness (QED) is 0.462. The predicted octanol–water partition coefficient (Wildman–Crippen LogP) is 6.55. The van der Waals surface area contributed by atoms with E-state index in [0.717, 1.165) is 22.6 Å². The van der Waals surface area contributed by atoms with E-state index in [9.17, 15) is 0 Å². The predicted molar refractivity (Wildman–Crippen MR) is 106 cm³/mol. The Hall–Kier alpha value is -0.960. The maximum atomic E-state index is 6.00. The van der Waals surface area contributed by atoms with Crippen LogP contribution in [-0.2, 0) is 11.8 Å². The van der Waals surface area contributed by atoms with Gasteiger partial charge in [0, 0.05) is 0 Å². The Morgan fingerprint density at radius 3 is 1.48 bits per heavy atom. The van der Waals surface area contributed by atoms with Gasteiger partial charge < -0.3 is 9.05 Å². The molecule has 2 nitrogen and oxygen atoms in total. The van der Waals surface area contributed by atoms with Gasteiger partial charge in [-0.25, -0.2) is 0 Å². The molecule has 0 bridgehead atoms. The fourth-order valence-electron chi connectivity index (χ4n) is 2.35. The van der Waals surface area contributed by atoms with Gasteiger partial charge >= 0.3 is 5.69 Å². The summed E-state index contributed by atoms with van der Waals surface area (Å²) in [4.78, 5) is 0. The zero-order valence-electron chi connectivity index (χ0n) is 13.9. The number of para-hydroxylation sites is 2. The lowest BCUT2D eigenvalue weighted by Crippen LogP contribution is -2.01. The van der Waals surface area contributed by atoms with Crippen molar-refractivity contribution >= 4 is 29.7 Å². The molecule has 0 amide bonds. The first-order valence-electron chi connectivity index (χ1n) is 7.70. The van der Waals surface area contributed by atoms with E-state index in [2.05, 4.69) is 39.9 Å². The van der Waals surface area contributed by atoms with E-state index in [1.807, 2.05) is 48.5 Å². The van der Waals surface area contributed by atoms with Gasteiger partial charge in [0.1, 0.15) is 11.5 Å². The van der Waals surface area contributed by atoms with Crippen molar-refractivity contribution in [2.75, 3.05) is 0 Å². The van der Waals surface area contributed by atoms with Gasteiger partial charge in [0.25, 0.3) is 0 Å². The average molecular weight is 366 g/mol. The summed E-state index contributed by atoms with van der Waals surface area (Å²) >= 11 is 10.1. The Kier molecular flexibility index (Phi) is 6.19. The first kappa shape index (κ1) is 18.4. The average Bonchev–Trinajstić information content (AvgIpc) is 2.47. The molecule has 0 saturated carbocycles. The highest BCUT2D eigenvalue weighted by Crippen LogP contribution is 2.54. The van der Waals surface area contributed by atoms with E-state index < -0.39 is 5.69 Å². The standard InChI is InChI=1S/C18H23O2PS2/c1-13(2)15-9-5-7-11-17(15)19-21(22,23)20-18-12-8-6-10-16(18)14(3)4/h5-14H,1-4H3,(H,22,23). The molecule has 0 fully saturated rings. The SMILES string of the molecule is CC(C)c1ccccc1OP(=S)(S)Oc1ccccc1C(C)C. The van der Waals surface area contributed by atoms with Crippen LogP contribution in [0.5, 0.6) is 11.5 Å². The molecule has 0 atom stereocenters. The van der Waals surface area contributed by atoms with Crippen molar-refractivity contribution in [3.05, 3.63) is 59.7 Å². The van der Waals surface area contributed by atoms with Crippen molar-refractivity contribution < 1.29 is 9.05 Å². The molecule has 0 unspecified atom stereocenters. The van der Waals surface area contributed by atoms with E-state index >= 15 is 0 Å². The Labute approximate surface area is 149 Å². The molecule has 0 radical (unpaired) electrons. The molecular weight excluding hydrogens is 343 g/mol. The van der Waals surface area contributed by atoms with Crippen molar-refractivity contribution in [3.63, 3.8) is 0 Å². The van der Waals surface area contributed by atoms with Crippen LogP contribution in [0.15, 0.2) is 48.5 Å². The summed E-state index contributed by atoms with van der Waals surface area (Å²) in [6, 6.07) is 15.8. The third kappa shape index (κ3) is 5.00. The van der Waals surface area contributed by atoms with Crippen LogP contribution in [0.4, 0.5) is 0 Å². The number of hydrogen-bond acceptors (Lipinski definition) is 3. The monoisotopic (exact) mass is 366 g/mol. The Morgan fingerprint density at radius 2 is 1.13 bits per heavy atom. The third-order valence-electron chi connectivity index (χ3n) is 3.51. The molecule has 0 spiro atoms. The molecule has 2 rings (SSSR count). The van der Waals surface area contributed by atoms with Crippen LogP contribution in [-0.4, -0.2) is 0 Å². The normalized spacial score (nSPS) is 11.8. The number of benzene rings is 2. The van der Waals surface area contributed by atoms with Crippen LogP contribution in [0.3, 0.4) is 0 Å². The Balaban J connectivity index is 2.26. The summed E-state index contributed by atoms with van der Waals surface area (Å²) in [5.74, 6) is 2.20. The Morgan fingerprint density at radius 1 is 0.783 bits per heavy atom. The van der Waals surface area contributed by atoms with Crippen LogP contribution in [0.1, 0.15) is 50.7 Å². The van der Waals surface area contributed by atoms with Crippen molar-refractivity contribution in [3.8, 4) is 11.5 Å². The lowest BCUT2D eigenvalue weighted by molar-refractivity contribution is 0.495. The second-order valence-corrected chi connectivity index (χ2v) is 11.2. The van der Waals surface area contributed by atoms with Crippen LogP contribution < -0.4 is 9.05 Å². The highest BCUT2D eigenvalue weighted by molar-refractivity contribution is 8.60. The van der Waals surface area contributed by atoms with E-state index in [1.165, 1.54) is 0 Å². The molecule has 0 aliphatic rings. The zero-order valence-corrected chi connectivity index (χ0v) is 16.5. The minimum atomic E-state index is -2.74. The number of hydrogen-bond donors (Lipinski definition) is 1. The summed E-state index contributed by atoms with van der Waals surface area (Å²) in [6.07, 6.45) is 0. The van der Waals surface area contributed by atoms with Gasteiger partial charge in [-0.15, -0.1) is 0 Å². The largest absolute Gasteiger partial charge is 0.428 e. The minimum absolute atomic E-state index is 0.345. The Bertz CT molecular complexity index is 656. The van der Waals surface area contributed by atoms with Gasteiger partial charge in [0.15, 0.2) is 0 Å². The van der Waals surface area contributed by atoms with E-state index in [4.69, 9.17) is 20.9 Å². The highest BCUT2D eigenvalue weighted by atomic mass is 32.9. The maximum absolute atomic E-state index is 6.00. The van der Waals surface area contributed by atoms with Crippen LogP contribution in [0.2, 0.25) is 0 Å². The van der Waals surface area contributed by atoms with Gasteiger partial charge in [-0.05, 0) is 46.9 Å². The van der Waals surface area contributed by atoms with Gasteiger partial charge in [-0.3, -0.25) is 0 Å². The van der Waals surface area contributed by atoms with Gasteiger partial charge in [-0.2, -0.15) is 0 Å². The first-order chi connectivity index (χ1) is 10.8. The van der Waals surface area contributed by atoms with Crippen LogP contribution >= 0.6 is 17.9 Å². The van der Waals surface area contributed by atoms with E-state index in [1.54, 1.807) is 0 Å². The van der Waals surface area contributed by atoms with E-state index in [0.29, 0.717) is 11.8 Å². The second kappa shape index (κ2) is 7.74. The molecule has 124 valence electrons. The zero-order chi connectivity index (χ0) is 17.0. The first-order valence-corrected chi connectivity index (χ1v) is 11.5. The lowest BCUT2D eigenvalue weighted by Gasteiger charge is -2.23. The summed E-state index contributed by atoms with van der Waals surface area (Å²) in [7, 11) is 0. The molecule has 0 N–H and O–H groups in total. The van der Waals surface area contributed by atoms with Crippen LogP contribution in [0.25, 0.3) is 0 Å². The van der Waals surface area contributed by atoms with Crippen LogP contribution in [0, 0.1) is 0 Å². The minimum Gasteiger partial charge on any atom is -0.428 e. The highest BCUT2D eigenvalue weighted by Gasteiger charge is 2.21. The molecule has 0 heterocycles. The van der Waals surface area contributed by atoms with E-state index in [-0.39, 0.29) is 0 Å². The molecule has 0 aromatic heterocycles. The lowest BCUT2D eigenvalue weighted by atomic mass is 10.0. The summed E-state index contributed by atoms with van der Waals surface area (Å²) in [5.41, 5.74) is -0.526. The second-order valence-electron chi connectivity index (χ2n) is 6.04. The molecule has 5 heteroatoms. The summed E-state index contributed by atoms with van der Waals surface area (Å²) in [6.45, 7) is 8.50. The maximum Gasteiger partial charge on any atom is 0.345 e. The van der Waals surface area contributed by atoms with Crippen molar-refractivity contribution in [2.45, 2.75) is 39.5 Å². The fraction of sp³-hybridized carbons (Fsp3) is 0.333. The molecule has 0 aliphatic heterocycles. The van der Waals surface area contributed by atoms with Gasteiger partial charge in [0.05, 0.1) is 0 Å². The molecule has 2 aromatic carbocycles.